The van der Waals surface area contributed by atoms with Crippen molar-refractivity contribution >= 4 is 11.6 Å². The molecule has 0 saturated carbocycles. The van der Waals surface area contributed by atoms with Gasteiger partial charge >= 0.3 is 0 Å². The molecule has 0 radical (unpaired) electrons. The number of carbonyl (C=O) groups is 1. The topological polar surface area (TPSA) is 57.3 Å². The average molecular weight is 276 g/mol. The summed E-state index contributed by atoms with van der Waals surface area (Å²) in [6, 6.07) is 2.18. The van der Waals surface area contributed by atoms with Crippen LogP contribution in [-0.4, -0.2) is 48.5 Å². The Morgan fingerprint density at radius 1 is 1.55 bits per heavy atom. The first-order valence-corrected chi connectivity index (χ1v) is 7.30. The number of likely N-dealkylation sites (tertiary alicyclic amines) is 1. The minimum Gasteiger partial charge on any atom is -0.384 e. The van der Waals surface area contributed by atoms with Crippen LogP contribution >= 0.6 is 0 Å². The summed E-state index contributed by atoms with van der Waals surface area (Å²) >= 11 is 0. The molecule has 1 aliphatic heterocycles. The van der Waals surface area contributed by atoms with E-state index in [4.69, 9.17) is 0 Å². The van der Waals surface area contributed by atoms with Gasteiger partial charge in [0.1, 0.15) is 0 Å². The van der Waals surface area contributed by atoms with Crippen LogP contribution in [0, 0.1) is 6.92 Å². The summed E-state index contributed by atoms with van der Waals surface area (Å²) in [5, 5.41) is 6.41. The van der Waals surface area contributed by atoms with Crippen molar-refractivity contribution in [3.8, 4) is 0 Å². The van der Waals surface area contributed by atoms with Gasteiger partial charge in [-0.2, -0.15) is 0 Å². The minimum atomic E-state index is -0.0311. The first kappa shape index (κ1) is 14.8. The highest BCUT2D eigenvalue weighted by molar-refractivity contribution is 5.99. The van der Waals surface area contributed by atoms with E-state index in [9.17, 15) is 4.79 Å². The van der Waals surface area contributed by atoms with Crippen molar-refractivity contribution in [3.05, 3.63) is 23.5 Å². The zero-order chi connectivity index (χ0) is 14.5. The van der Waals surface area contributed by atoms with Gasteiger partial charge in [0.05, 0.1) is 11.3 Å². The number of aryl methyl sites for hydroxylation is 1. The van der Waals surface area contributed by atoms with Gasteiger partial charge in [-0.05, 0) is 39.4 Å². The fraction of sp³-hybridized carbons (Fsp3) is 0.600. The third kappa shape index (κ3) is 3.70. The van der Waals surface area contributed by atoms with Crippen LogP contribution in [0.2, 0.25) is 0 Å². The highest BCUT2D eigenvalue weighted by Gasteiger charge is 2.22. The molecule has 0 aromatic carbocycles. The number of amides is 1. The monoisotopic (exact) mass is 276 g/mol. The maximum absolute atomic E-state index is 12.4. The number of hydrogen-bond acceptors (Lipinski definition) is 4. The molecule has 1 aromatic heterocycles. The Hall–Kier alpha value is -1.62. The molecule has 1 atom stereocenters. The van der Waals surface area contributed by atoms with Gasteiger partial charge in [-0.25, -0.2) is 0 Å². The molecule has 5 nitrogen and oxygen atoms in total. The van der Waals surface area contributed by atoms with Gasteiger partial charge in [0.25, 0.3) is 5.91 Å². The van der Waals surface area contributed by atoms with E-state index in [2.05, 4.69) is 34.5 Å². The first-order chi connectivity index (χ1) is 9.60. The van der Waals surface area contributed by atoms with Crippen LogP contribution in [0.5, 0.6) is 0 Å². The number of anilines is 1. The lowest BCUT2D eigenvalue weighted by Crippen LogP contribution is -2.36. The second-order valence-corrected chi connectivity index (χ2v) is 5.52. The van der Waals surface area contributed by atoms with Crippen LogP contribution < -0.4 is 10.6 Å². The predicted molar refractivity (Wildman–Crippen MR) is 81.1 cm³/mol. The zero-order valence-corrected chi connectivity index (χ0v) is 12.6. The van der Waals surface area contributed by atoms with Crippen LogP contribution in [-0.2, 0) is 0 Å². The largest absolute Gasteiger partial charge is 0.384 e. The summed E-state index contributed by atoms with van der Waals surface area (Å²) in [5.41, 5.74) is 2.43. The van der Waals surface area contributed by atoms with E-state index in [0.29, 0.717) is 5.56 Å². The molecule has 2 heterocycles. The lowest BCUT2D eigenvalue weighted by Gasteiger charge is -2.16. The number of rotatable bonds is 5. The van der Waals surface area contributed by atoms with E-state index in [0.717, 1.165) is 43.9 Å². The molecule has 1 saturated heterocycles. The quantitative estimate of drug-likeness (QED) is 0.858. The maximum Gasteiger partial charge on any atom is 0.255 e. The molecular weight excluding hydrogens is 252 g/mol. The molecule has 1 aromatic rings. The van der Waals surface area contributed by atoms with Gasteiger partial charge in [-0.15, -0.1) is 0 Å². The van der Waals surface area contributed by atoms with Gasteiger partial charge in [0, 0.05) is 31.0 Å². The fourth-order valence-corrected chi connectivity index (χ4v) is 2.46. The van der Waals surface area contributed by atoms with Gasteiger partial charge in [0.2, 0.25) is 0 Å². The summed E-state index contributed by atoms with van der Waals surface area (Å²) < 4.78 is 0. The van der Waals surface area contributed by atoms with Gasteiger partial charge < -0.3 is 15.5 Å². The Balaban J connectivity index is 2.08. The molecule has 0 aliphatic carbocycles. The predicted octanol–water partition coefficient (Wildman–Crippen LogP) is 1.65. The summed E-state index contributed by atoms with van der Waals surface area (Å²) in [6.45, 7) is 6.86. The van der Waals surface area contributed by atoms with Gasteiger partial charge in [0.15, 0.2) is 0 Å². The van der Waals surface area contributed by atoms with Crippen molar-refractivity contribution in [1.82, 2.24) is 15.2 Å². The molecule has 5 heteroatoms. The highest BCUT2D eigenvalue weighted by Crippen LogP contribution is 2.17. The number of hydrogen-bond donors (Lipinski definition) is 2. The normalized spacial score (nSPS) is 19.1. The van der Waals surface area contributed by atoms with Crippen molar-refractivity contribution in [2.24, 2.45) is 0 Å². The molecule has 2 N–H and O–H groups in total. The molecule has 1 fully saturated rings. The smallest absolute Gasteiger partial charge is 0.255 e. The number of nitrogens with one attached hydrogen (secondary N) is 2. The fourth-order valence-electron chi connectivity index (χ4n) is 2.46. The molecule has 1 amide bonds. The molecular formula is C15H24N4O. The Bertz CT molecular complexity index is 475. The van der Waals surface area contributed by atoms with Crippen molar-refractivity contribution < 1.29 is 4.79 Å². The van der Waals surface area contributed by atoms with Crippen LogP contribution in [0.4, 0.5) is 5.69 Å². The van der Waals surface area contributed by atoms with Crippen LogP contribution in [0.3, 0.4) is 0 Å². The average Bonchev–Trinajstić information content (AvgIpc) is 2.81. The van der Waals surface area contributed by atoms with E-state index in [1.165, 1.54) is 0 Å². The molecule has 0 spiro atoms. The zero-order valence-electron chi connectivity index (χ0n) is 12.6. The van der Waals surface area contributed by atoms with E-state index in [1.807, 2.05) is 13.0 Å². The molecule has 0 bridgehead atoms. The van der Waals surface area contributed by atoms with Crippen LogP contribution in [0.15, 0.2) is 12.3 Å². The number of carbonyl (C=O) groups excluding carboxylic acids is 1. The van der Waals surface area contributed by atoms with E-state index in [-0.39, 0.29) is 11.9 Å². The van der Waals surface area contributed by atoms with E-state index >= 15 is 0 Å². The summed E-state index contributed by atoms with van der Waals surface area (Å²) in [6.07, 6.45) is 3.70. The SMILES string of the molecule is CCCNc1cc(C)ncc1C(=O)NC1CCN(C)C1. The van der Waals surface area contributed by atoms with E-state index in [1.54, 1.807) is 6.20 Å². The third-order valence-corrected chi connectivity index (χ3v) is 3.58. The molecule has 1 unspecified atom stereocenters. The Morgan fingerprint density at radius 3 is 3.00 bits per heavy atom. The lowest BCUT2D eigenvalue weighted by molar-refractivity contribution is 0.0939. The molecule has 20 heavy (non-hydrogen) atoms. The van der Waals surface area contributed by atoms with Crippen LogP contribution in [0.1, 0.15) is 35.8 Å². The Labute approximate surface area is 120 Å². The number of aromatic nitrogens is 1. The highest BCUT2D eigenvalue weighted by atomic mass is 16.1. The third-order valence-electron chi connectivity index (χ3n) is 3.58. The van der Waals surface area contributed by atoms with Crippen molar-refractivity contribution in [2.75, 3.05) is 32.0 Å². The Kier molecular flexibility index (Phi) is 4.95. The second-order valence-electron chi connectivity index (χ2n) is 5.52. The number of likely N-dealkylation sites (N-methyl/N-ethyl adjacent to an activating group) is 1. The van der Waals surface area contributed by atoms with E-state index < -0.39 is 0 Å². The van der Waals surface area contributed by atoms with Gasteiger partial charge in [-0.3, -0.25) is 9.78 Å². The summed E-state index contributed by atoms with van der Waals surface area (Å²) in [7, 11) is 2.08. The lowest BCUT2D eigenvalue weighted by atomic mass is 10.1. The van der Waals surface area contributed by atoms with Crippen molar-refractivity contribution in [3.63, 3.8) is 0 Å². The standard InChI is InChI=1S/C15H24N4O/c1-4-6-16-14-8-11(2)17-9-13(14)15(20)18-12-5-7-19(3)10-12/h8-9,12H,4-7,10H2,1-3H3,(H,16,17)(H,18,20). The number of pyridine rings is 1. The second kappa shape index (κ2) is 6.70. The van der Waals surface area contributed by atoms with Crippen molar-refractivity contribution in [1.29, 1.82) is 0 Å². The van der Waals surface area contributed by atoms with Crippen molar-refractivity contribution in [2.45, 2.75) is 32.7 Å². The minimum absolute atomic E-state index is 0.0311. The first-order valence-electron chi connectivity index (χ1n) is 7.30. The molecule has 2 rings (SSSR count). The van der Waals surface area contributed by atoms with Crippen LogP contribution in [0.25, 0.3) is 0 Å². The Morgan fingerprint density at radius 2 is 2.35 bits per heavy atom. The maximum atomic E-state index is 12.4. The van der Waals surface area contributed by atoms with Gasteiger partial charge in [-0.1, -0.05) is 6.92 Å². The molecule has 110 valence electrons. The summed E-state index contributed by atoms with van der Waals surface area (Å²) in [4.78, 5) is 18.9. The summed E-state index contributed by atoms with van der Waals surface area (Å²) in [5.74, 6) is -0.0311. The number of nitrogens with zero attached hydrogens (tertiary/aromatic N) is 2. The molecule has 1 aliphatic rings.